The monoisotopic (exact) mass is 418 g/mol. The number of aliphatic hydroxyl groups excluding tert-OH is 1. The number of pyridine rings is 2. The van der Waals surface area contributed by atoms with Gasteiger partial charge in [0.25, 0.3) is 5.91 Å². The van der Waals surface area contributed by atoms with Crippen LogP contribution in [0.4, 0.5) is 5.69 Å². The van der Waals surface area contributed by atoms with Crippen LogP contribution in [0.2, 0.25) is 0 Å². The zero-order valence-electron chi connectivity index (χ0n) is 17.6. The lowest BCUT2D eigenvalue weighted by molar-refractivity contribution is 0.0946. The van der Waals surface area contributed by atoms with Crippen molar-refractivity contribution in [2.75, 3.05) is 51.3 Å². The fourth-order valence-corrected chi connectivity index (χ4v) is 4.39. The van der Waals surface area contributed by atoms with Gasteiger partial charge in [-0.2, -0.15) is 0 Å². The van der Waals surface area contributed by atoms with Gasteiger partial charge in [0, 0.05) is 43.4 Å². The second-order valence-electron chi connectivity index (χ2n) is 8.01. The number of amides is 1. The lowest BCUT2D eigenvalue weighted by Crippen LogP contribution is -2.29. The number of hydrogen-bond donors (Lipinski definition) is 2. The first-order valence-electron chi connectivity index (χ1n) is 10.7. The first-order valence-corrected chi connectivity index (χ1v) is 10.7. The second kappa shape index (κ2) is 8.13. The van der Waals surface area contributed by atoms with Crippen LogP contribution >= 0.6 is 0 Å². The van der Waals surface area contributed by atoms with Gasteiger partial charge in [-0.1, -0.05) is 12.1 Å². The molecule has 2 N–H and O–H groups in total. The Morgan fingerprint density at radius 2 is 2.00 bits per heavy atom. The zero-order valence-corrected chi connectivity index (χ0v) is 17.6. The number of hydrogen-bond acceptors (Lipinski definition) is 6. The van der Waals surface area contributed by atoms with Crippen molar-refractivity contribution in [1.82, 2.24) is 24.6 Å². The van der Waals surface area contributed by atoms with Crippen LogP contribution in [0.1, 0.15) is 16.8 Å². The fourth-order valence-electron chi connectivity index (χ4n) is 4.39. The summed E-state index contributed by atoms with van der Waals surface area (Å²) < 4.78 is 1.98. The number of para-hydroxylation sites is 2. The molecule has 1 fully saturated rings. The van der Waals surface area contributed by atoms with Crippen LogP contribution in [0.15, 0.2) is 42.6 Å². The SMILES string of the molecule is CN1CCCN(c2ccnc3c2cc(C(=O)NCCO)c2nc4ccccc4n23)CC1. The summed E-state index contributed by atoms with van der Waals surface area (Å²) in [5, 5.41) is 12.9. The van der Waals surface area contributed by atoms with E-state index in [-0.39, 0.29) is 19.1 Å². The minimum Gasteiger partial charge on any atom is -0.395 e. The predicted molar refractivity (Wildman–Crippen MR) is 122 cm³/mol. The summed E-state index contributed by atoms with van der Waals surface area (Å²) in [5.41, 5.74) is 4.66. The van der Waals surface area contributed by atoms with Crippen molar-refractivity contribution in [3.05, 3.63) is 48.2 Å². The third kappa shape index (κ3) is 3.47. The number of fused-ring (bicyclic) bond motifs is 5. The highest BCUT2D eigenvalue weighted by atomic mass is 16.3. The first kappa shape index (κ1) is 19.7. The van der Waals surface area contributed by atoms with Crippen LogP contribution in [-0.4, -0.2) is 76.7 Å². The number of nitrogens with zero attached hydrogens (tertiary/aromatic N) is 5. The maximum Gasteiger partial charge on any atom is 0.255 e. The van der Waals surface area contributed by atoms with E-state index >= 15 is 0 Å². The number of anilines is 1. The highest BCUT2D eigenvalue weighted by Crippen LogP contribution is 2.31. The van der Waals surface area contributed by atoms with Gasteiger partial charge < -0.3 is 20.2 Å². The Labute approximate surface area is 180 Å². The molecule has 3 aromatic heterocycles. The Balaban J connectivity index is 1.77. The van der Waals surface area contributed by atoms with Crippen molar-refractivity contribution in [3.8, 4) is 0 Å². The lowest BCUT2D eigenvalue weighted by Gasteiger charge is -2.24. The van der Waals surface area contributed by atoms with Gasteiger partial charge >= 0.3 is 0 Å². The molecule has 0 radical (unpaired) electrons. The molecule has 1 saturated heterocycles. The zero-order chi connectivity index (χ0) is 21.4. The molecule has 1 aromatic carbocycles. The Kier molecular flexibility index (Phi) is 5.17. The molecule has 1 aliphatic heterocycles. The van der Waals surface area contributed by atoms with E-state index in [1.807, 2.05) is 47.0 Å². The van der Waals surface area contributed by atoms with Crippen LogP contribution in [0.25, 0.3) is 27.7 Å². The number of carbonyl (C=O) groups is 1. The molecule has 0 saturated carbocycles. The summed E-state index contributed by atoms with van der Waals surface area (Å²) >= 11 is 0. The molecule has 0 aliphatic carbocycles. The van der Waals surface area contributed by atoms with E-state index in [1.165, 1.54) is 0 Å². The average Bonchev–Trinajstić information content (AvgIpc) is 3.05. The molecular formula is C23H26N6O2. The molecule has 0 bridgehead atoms. The van der Waals surface area contributed by atoms with E-state index in [0.29, 0.717) is 11.2 Å². The highest BCUT2D eigenvalue weighted by Gasteiger charge is 2.22. The molecule has 1 aliphatic rings. The fraction of sp³-hybridized carbons (Fsp3) is 0.348. The molecule has 4 aromatic rings. The average molecular weight is 419 g/mol. The number of likely N-dealkylation sites (N-methyl/N-ethyl adjacent to an activating group) is 1. The van der Waals surface area contributed by atoms with Crippen molar-refractivity contribution in [2.45, 2.75) is 6.42 Å². The van der Waals surface area contributed by atoms with Crippen LogP contribution < -0.4 is 10.2 Å². The molecular weight excluding hydrogens is 392 g/mol. The van der Waals surface area contributed by atoms with Gasteiger partial charge in [-0.15, -0.1) is 0 Å². The summed E-state index contributed by atoms with van der Waals surface area (Å²) in [7, 11) is 2.15. The largest absolute Gasteiger partial charge is 0.395 e. The van der Waals surface area contributed by atoms with Gasteiger partial charge in [0.05, 0.1) is 23.2 Å². The summed E-state index contributed by atoms with van der Waals surface area (Å²) in [4.78, 5) is 27.2. The van der Waals surface area contributed by atoms with Crippen molar-refractivity contribution in [2.24, 2.45) is 0 Å². The van der Waals surface area contributed by atoms with Crippen molar-refractivity contribution in [3.63, 3.8) is 0 Å². The highest BCUT2D eigenvalue weighted by molar-refractivity contribution is 6.07. The number of aromatic nitrogens is 3. The van der Waals surface area contributed by atoms with Crippen molar-refractivity contribution < 1.29 is 9.90 Å². The van der Waals surface area contributed by atoms with E-state index in [0.717, 1.165) is 60.4 Å². The molecule has 1 amide bonds. The Morgan fingerprint density at radius 3 is 2.87 bits per heavy atom. The lowest BCUT2D eigenvalue weighted by atomic mass is 10.1. The van der Waals surface area contributed by atoms with Gasteiger partial charge in [-0.3, -0.25) is 9.20 Å². The molecule has 5 rings (SSSR count). The predicted octanol–water partition coefficient (Wildman–Crippen LogP) is 1.90. The maximum absolute atomic E-state index is 13.0. The van der Waals surface area contributed by atoms with Crippen molar-refractivity contribution >= 4 is 39.3 Å². The van der Waals surface area contributed by atoms with Gasteiger partial charge in [-0.25, -0.2) is 9.97 Å². The third-order valence-corrected chi connectivity index (χ3v) is 5.95. The molecule has 0 atom stereocenters. The summed E-state index contributed by atoms with van der Waals surface area (Å²) in [6.45, 7) is 4.03. The Morgan fingerprint density at radius 1 is 1.13 bits per heavy atom. The molecule has 31 heavy (non-hydrogen) atoms. The van der Waals surface area contributed by atoms with E-state index in [4.69, 9.17) is 15.1 Å². The van der Waals surface area contributed by atoms with Gasteiger partial charge in [0.15, 0.2) is 5.65 Å². The molecule has 160 valence electrons. The molecule has 0 unspecified atom stereocenters. The molecule has 4 heterocycles. The summed E-state index contributed by atoms with van der Waals surface area (Å²) in [6, 6.07) is 11.8. The normalized spacial score (nSPS) is 15.6. The smallest absolute Gasteiger partial charge is 0.255 e. The number of rotatable bonds is 4. The van der Waals surface area contributed by atoms with E-state index in [2.05, 4.69) is 22.2 Å². The van der Waals surface area contributed by atoms with E-state index in [1.54, 1.807) is 0 Å². The third-order valence-electron chi connectivity index (χ3n) is 5.95. The number of carbonyl (C=O) groups excluding carboxylic acids is 1. The standard InChI is InChI=1S/C23H26N6O2/c1-27-10-4-11-28(13-12-27)19-7-8-24-21-16(19)15-17(23(31)25-9-14-30)22-26-18-5-2-3-6-20(18)29(21)22/h2-3,5-8,15,30H,4,9-14H2,1H3,(H,25,31). The van der Waals surface area contributed by atoms with Crippen LogP contribution in [0.3, 0.4) is 0 Å². The van der Waals surface area contributed by atoms with Gasteiger partial charge in [-0.05, 0) is 44.3 Å². The minimum atomic E-state index is -0.248. The van der Waals surface area contributed by atoms with Gasteiger partial charge in [0.1, 0.15) is 5.65 Å². The minimum absolute atomic E-state index is 0.111. The van der Waals surface area contributed by atoms with E-state index < -0.39 is 0 Å². The topological polar surface area (TPSA) is 86.0 Å². The Bertz CT molecular complexity index is 1270. The number of aliphatic hydroxyl groups is 1. The van der Waals surface area contributed by atoms with E-state index in [9.17, 15) is 4.79 Å². The second-order valence-corrected chi connectivity index (χ2v) is 8.01. The number of imidazole rings is 1. The molecule has 8 nitrogen and oxygen atoms in total. The van der Waals surface area contributed by atoms with Crippen LogP contribution in [0, 0.1) is 0 Å². The van der Waals surface area contributed by atoms with Crippen LogP contribution in [-0.2, 0) is 0 Å². The molecule has 8 heteroatoms. The maximum atomic E-state index is 13.0. The van der Waals surface area contributed by atoms with Crippen molar-refractivity contribution in [1.29, 1.82) is 0 Å². The number of nitrogens with one attached hydrogen (secondary N) is 1. The summed E-state index contributed by atoms with van der Waals surface area (Å²) in [6.07, 6.45) is 2.92. The molecule has 0 spiro atoms. The quantitative estimate of drug-likeness (QED) is 0.527. The van der Waals surface area contributed by atoms with Crippen LogP contribution in [0.5, 0.6) is 0 Å². The number of benzene rings is 1. The summed E-state index contributed by atoms with van der Waals surface area (Å²) in [5.74, 6) is -0.248. The first-order chi connectivity index (χ1) is 15.2. The van der Waals surface area contributed by atoms with Gasteiger partial charge in [0.2, 0.25) is 0 Å². The Hall–Kier alpha value is -3.23.